The number of halogens is 1. The van der Waals surface area contributed by atoms with E-state index in [1.54, 1.807) is 0 Å². The minimum atomic E-state index is -0.841. The van der Waals surface area contributed by atoms with E-state index >= 15 is 0 Å². The Kier molecular flexibility index (Phi) is 1.39. The van der Waals surface area contributed by atoms with Gasteiger partial charge in [-0.15, -0.1) is 0 Å². The smallest absolute Gasteiger partial charge is 0.314 e. The zero-order valence-electron chi connectivity index (χ0n) is 6.21. The van der Waals surface area contributed by atoms with Crippen LogP contribution in [0.15, 0.2) is 6.33 Å². The second-order valence-electron chi connectivity index (χ2n) is 2.10. The van der Waals surface area contributed by atoms with Crippen molar-refractivity contribution in [2.24, 2.45) is 0 Å². The van der Waals surface area contributed by atoms with E-state index in [2.05, 4.69) is 19.9 Å². The van der Waals surface area contributed by atoms with E-state index in [1.165, 1.54) is 13.4 Å². The van der Waals surface area contributed by atoms with Crippen LogP contribution in [0.25, 0.3) is 11.2 Å². The molecule has 0 radical (unpaired) electrons. The van der Waals surface area contributed by atoms with Gasteiger partial charge in [0.25, 0.3) is 0 Å². The number of hydrogen-bond donors (Lipinski definition) is 1. The summed E-state index contributed by atoms with van der Waals surface area (Å²) in [6.45, 7) is 0. The largest absolute Gasteiger partial charge is 0.479 e. The molecule has 2 heterocycles. The summed E-state index contributed by atoms with van der Waals surface area (Å²) in [5.74, 6) is 0.162. The number of aromatic amines is 1. The SMILES string of the molecule is COc1nc(F)nc2nc[nH]c12. The van der Waals surface area contributed by atoms with Crippen LogP contribution in [-0.2, 0) is 0 Å². The third-order valence-electron chi connectivity index (χ3n) is 1.42. The number of imidazole rings is 1. The molecule has 1 N–H and O–H groups in total. The number of hydrogen-bond acceptors (Lipinski definition) is 4. The van der Waals surface area contributed by atoms with Crippen LogP contribution >= 0.6 is 0 Å². The van der Waals surface area contributed by atoms with Crippen LogP contribution in [0.2, 0.25) is 0 Å². The van der Waals surface area contributed by atoms with Gasteiger partial charge >= 0.3 is 6.08 Å². The van der Waals surface area contributed by atoms with E-state index in [-0.39, 0.29) is 11.5 Å². The molecule has 0 saturated heterocycles. The molecule has 0 bridgehead atoms. The summed E-state index contributed by atoms with van der Waals surface area (Å²) in [5, 5.41) is 0. The number of H-pyrrole nitrogens is 1. The minimum absolute atomic E-state index is 0.162. The Morgan fingerprint density at radius 1 is 1.50 bits per heavy atom. The fourth-order valence-electron chi connectivity index (χ4n) is 0.929. The third kappa shape index (κ3) is 0.884. The average molecular weight is 168 g/mol. The summed E-state index contributed by atoms with van der Waals surface area (Å²) >= 11 is 0. The molecule has 2 rings (SSSR count). The maximum absolute atomic E-state index is 12.6. The molecule has 0 fully saturated rings. The lowest BCUT2D eigenvalue weighted by Crippen LogP contribution is -1.95. The Bertz CT molecular complexity index is 413. The van der Waals surface area contributed by atoms with Gasteiger partial charge in [-0.1, -0.05) is 0 Å². The van der Waals surface area contributed by atoms with Gasteiger partial charge in [0.15, 0.2) is 5.65 Å². The molecular weight excluding hydrogens is 163 g/mol. The predicted octanol–water partition coefficient (Wildman–Crippen LogP) is 0.501. The number of nitrogens with one attached hydrogen (secondary N) is 1. The van der Waals surface area contributed by atoms with Crippen molar-refractivity contribution in [1.29, 1.82) is 0 Å². The second kappa shape index (κ2) is 2.40. The van der Waals surface area contributed by atoms with Gasteiger partial charge in [-0.25, -0.2) is 4.98 Å². The van der Waals surface area contributed by atoms with Gasteiger partial charge < -0.3 is 9.72 Å². The lowest BCUT2D eigenvalue weighted by atomic mass is 10.5. The molecule has 0 saturated carbocycles. The summed E-state index contributed by atoms with van der Waals surface area (Å²) < 4.78 is 17.4. The highest BCUT2D eigenvalue weighted by atomic mass is 19.1. The minimum Gasteiger partial charge on any atom is -0.479 e. The number of methoxy groups -OCH3 is 1. The lowest BCUT2D eigenvalue weighted by Gasteiger charge is -1.97. The molecule has 2 aromatic heterocycles. The first kappa shape index (κ1) is 6.96. The van der Waals surface area contributed by atoms with Crippen molar-refractivity contribution in [3.05, 3.63) is 12.4 Å². The first-order chi connectivity index (χ1) is 5.81. The monoisotopic (exact) mass is 168 g/mol. The number of fused-ring (bicyclic) bond motifs is 1. The normalized spacial score (nSPS) is 10.5. The molecule has 62 valence electrons. The second-order valence-corrected chi connectivity index (χ2v) is 2.10. The zero-order valence-corrected chi connectivity index (χ0v) is 6.21. The molecule has 0 aliphatic rings. The molecule has 0 aliphatic heterocycles. The molecule has 0 amide bonds. The van der Waals surface area contributed by atoms with E-state index in [1.807, 2.05) is 0 Å². The highest BCUT2D eigenvalue weighted by Crippen LogP contribution is 2.17. The third-order valence-corrected chi connectivity index (χ3v) is 1.42. The Morgan fingerprint density at radius 3 is 3.08 bits per heavy atom. The van der Waals surface area contributed by atoms with Crippen molar-refractivity contribution < 1.29 is 9.13 Å². The van der Waals surface area contributed by atoms with Crippen molar-refractivity contribution in [2.45, 2.75) is 0 Å². The maximum Gasteiger partial charge on any atom is 0.314 e. The van der Waals surface area contributed by atoms with Crippen LogP contribution in [-0.4, -0.2) is 27.0 Å². The van der Waals surface area contributed by atoms with Crippen LogP contribution < -0.4 is 4.74 Å². The topological polar surface area (TPSA) is 63.7 Å². The molecule has 0 atom stereocenters. The van der Waals surface area contributed by atoms with Crippen molar-refractivity contribution in [3.8, 4) is 5.88 Å². The molecule has 2 aromatic rings. The van der Waals surface area contributed by atoms with Crippen LogP contribution in [0.1, 0.15) is 0 Å². The molecule has 0 spiro atoms. The van der Waals surface area contributed by atoms with Gasteiger partial charge in [-0.3, -0.25) is 0 Å². The highest BCUT2D eigenvalue weighted by molar-refractivity contribution is 5.74. The van der Waals surface area contributed by atoms with Gasteiger partial charge in [-0.2, -0.15) is 14.4 Å². The van der Waals surface area contributed by atoms with Gasteiger partial charge in [0.2, 0.25) is 5.88 Å². The fraction of sp³-hybridized carbons (Fsp3) is 0.167. The Labute approximate surface area is 66.6 Å². The quantitative estimate of drug-likeness (QED) is 0.630. The highest BCUT2D eigenvalue weighted by Gasteiger charge is 2.08. The van der Waals surface area contributed by atoms with E-state index in [4.69, 9.17) is 4.74 Å². The maximum atomic E-state index is 12.6. The van der Waals surface area contributed by atoms with Crippen molar-refractivity contribution >= 4 is 11.2 Å². The first-order valence-corrected chi connectivity index (χ1v) is 3.22. The van der Waals surface area contributed by atoms with E-state index in [9.17, 15) is 4.39 Å². The number of nitrogens with zero attached hydrogens (tertiary/aromatic N) is 3. The van der Waals surface area contributed by atoms with E-state index in [0.29, 0.717) is 5.52 Å². The standard InChI is InChI=1S/C6H5FN4O/c1-12-5-3-4(9-2-8-3)10-6(7)11-5/h2H,1H3,(H,8,9,10,11). The van der Waals surface area contributed by atoms with Crippen molar-refractivity contribution in [1.82, 2.24) is 19.9 Å². The molecular formula is C6H5FN4O. The number of rotatable bonds is 1. The van der Waals surface area contributed by atoms with E-state index < -0.39 is 6.08 Å². The number of ether oxygens (including phenoxy) is 1. The molecule has 6 heteroatoms. The lowest BCUT2D eigenvalue weighted by molar-refractivity contribution is 0.388. The summed E-state index contributed by atoms with van der Waals surface area (Å²) in [6, 6.07) is 0. The van der Waals surface area contributed by atoms with Gasteiger partial charge in [0.05, 0.1) is 13.4 Å². The van der Waals surface area contributed by atoms with Gasteiger partial charge in [-0.05, 0) is 0 Å². The Morgan fingerprint density at radius 2 is 2.33 bits per heavy atom. The van der Waals surface area contributed by atoms with Gasteiger partial charge in [0.1, 0.15) is 5.52 Å². The average Bonchev–Trinajstić information content (AvgIpc) is 2.50. The van der Waals surface area contributed by atoms with Crippen LogP contribution in [0.5, 0.6) is 5.88 Å². The predicted molar refractivity (Wildman–Crippen MR) is 38.2 cm³/mol. The summed E-state index contributed by atoms with van der Waals surface area (Å²) in [7, 11) is 1.40. The molecule has 0 unspecified atom stereocenters. The Balaban J connectivity index is 2.80. The summed E-state index contributed by atoms with van der Waals surface area (Å²) in [4.78, 5) is 13.4. The van der Waals surface area contributed by atoms with Crippen LogP contribution in [0.3, 0.4) is 0 Å². The molecule has 12 heavy (non-hydrogen) atoms. The fourth-order valence-corrected chi connectivity index (χ4v) is 0.929. The molecule has 5 nitrogen and oxygen atoms in total. The van der Waals surface area contributed by atoms with Crippen molar-refractivity contribution in [2.75, 3.05) is 7.11 Å². The summed E-state index contributed by atoms with van der Waals surface area (Å²) in [5.41, 5.74) is 0.762. The van der Waals surface area contributed by atoms with Gasteiger partial charge in [0, 0.05) is 0 Å². The van der Waals surface area contributed by atoms with Crippen molar-refractivity contribution in [3.63, 3.8) is 0 Å². The van der Waals surface area contributed by atoms with Crippen LogP contribution in [0.4, 0.5) is 4.39 Å². The first-order valence-electron chi connectivity index (χ1n) is 3.22. The van der Waals surface area contributed by atoms with E-state index in [0.717, 1.165) is 0 Å². The summed E-state index contributed by atoms with van der Waals surface area (Å²) in [6.07, 6.45) is 0.563. The molecule has 0 aliphatic carbocycles. The van der Waals surface area contributed by atoms with Crippen LogP contribution in [0, 0.1) is 6.08 Å². The molecule has 0 aromatic carbocycles. The zero-order chi connectivity index (χ0) is 8.55. The Hall–Kier alpha value is -1.72. The number of aromatic nitrogens is 4.